The van der Waals surface area contributed by atoms with Gasteiger partial charge in [0.05, 0.1) is 18.8 Å². The summed E-state index contributed by atoms with van der Waals surface area (Å²) in [5.74, 6) is -1.00. The van der Waals surface area contributed by atoms with Crippen LogP contribution in [0.4, 0.5) is 14.5 Å². The molecule has 0 N–H and O–H groups in total. The van der Waals surface area contributed by atoms with Crippen LogP contribution in [0.3, 0.4) is 0 Å². The average molecular weight is 290 g/mol. The second-order valence-corrected chi connectivity index (χ2v) is 5.17. The molecule has 2 unspecified atom stereocenters. The van der Waals surface area contributed by atoms with Gasteiger partial charge in [0, 0.05) is 12.4 Å². The van der Waals surface area contributed by atoms with Crippen LogP contribution in [-0.4, -0.2) is 25.3 Å². The zero-order valence-corrected chi connectivity index (χ0v) is 11.9. The van der Waals surface area contributed by atoms with Gasteiger partial charge in [-0.3, -0.25) is 0 Å². The summed E-state index contributed by atoms with van der Waals surface area (Å²) < 4.78 is 33.8. The predicted molar refractivity (Wildman–Crippen MR) is 72.8 cm³/mol. The quantitative estimate of drug-likeness (QED) is 0.787. The molecule has 2 atom stereocenters. The monoisotopic (exact) mass is 289 g/mol. The van der Waals surface area contributed by atoms with Crippen molar-refractivity contribution in [3.05, 3.63) is 29.3 Å². The van der Waals surface area contributed by atoms with E-state index in [9.17, 15) is 8.78 Å². The third-order valence-corrected chi connectivity index (χ3v) is 3.77. The van der Waals surface area contributed by atoms with Crippen LogP contribution in [0, 0.1) is 11.6 Å². The number of morpholine rings is 1. The molecular weight excluding hydrogens is 272 g/mol. The molecule has 2 rings (SSSR count). The lowest BCUT2D eigenvalue weighted by Crippen LogP contribution is -2.49. The van der Waals surface area contributed by atoms with E-state index in [1.807, 2.05) is 13.8 Å². The summed E-state index contributed by atoms with van der Waals surface area (Å²) in [6.07, 6.45) is 0.748. The van der Waals surface area contributed by atoms with Crippen LogP contribution >= 0.6 is 11.6 Å². The number of nitrogens with zero attached hydrogens (tertiary/aromatic N) is 1. The average Bonchev–Trinajstić information content (AvgIpc) is 2.38. The standard InChI is InChI=1S/C14H18ClF2NO/c1-3-11-8-19-9(2)7-18(11)14-12(16)4-10(6-15)5-13(14)17/h4-5,9,11H,3,6-8H2,1-2H3. The van der Waals surface area contributed by atoms with Gasteiger partial charge in [0.1, 0.15) is 17.3 Å². The minimum absolute atomic E-state index is 0.00190. The molecule has 0 bridgehead atoms. The molecule has 5 heteroatoms. The topological polar surface area (TPSA) is 12.5 Å². The number of alkyl halides is 1. The molecule has 106 valence electrons. The molecule has 1 aliphatic heterocycles. The molecule has 1 aromatic rings. The molecule has 19 heavy (non-hydrogen) atoms. The lowest BCUT2D eigenvalue weighted by Gasteiger charge is -2.40. The highest BCUT2D eigenvalue weighted by Crippen LogP contribution is 2.30. The largest absolute Gasteiger partial charge is 0.375 e. The van der Waals surface area contributed by atoms with Crippen molar-refractivity contribution >= 4 is 17.3 Å². The third-order valence-electron chi connectivity index (χ3n) is 3.46. The van der Waals surface area contributed by atoms with Crippen molar-refractivity contribution in [3.63, 3.8) is 0 Å². The van der Waals surface area contributed by atoms with E-state index in [4.69, 9.17) is 16.3 Å². The number of ether oxygens (including phenoxy) is 1. The highest BCUT2D eigenvalue weighted by atomic mass is 35.5. The summed E-state index contributed by atoms with van der Waals surface area (Å²) in [5.41, 5.74) is 0.491. The van der Waals surface area contributed by atoms with Crippen molar-refractivity contribution in [3.8, 4) is 0 Å². The molecule has 0 radical (unpaired) electrons. The minimum atomic E-state index is -0.553. The summed E-state index contributed by atoms with van der Waals surface area (Å²) in [4.78, 5) is 1.77. The smallest absolute Gasteiger partial charge is 0.149 e. The summed E-state index contributed by atoms with van der Waals surface area (Å²) in [5, 5.41) is 0. The fourth-order valence-electron chi connectivity index (χ4n) is 2.43. The number of anilines is 1. The molecule has 1 heterocycles. The molecule has 1 saturated heterocycles. The van der Waals surface area contributed by atoms with Gasteiger partial charge in [0.2, 0.25) is 0 Å². The number of rotatable bonds is 3. The summed E-state index contributed by atoms with van der Waals surface area (Å²) in [7, 11) is 0. The van der Waals surface area contributed by atoms with Crippen molar-refractivity contribution < 1.29 is 13.5 Å². The second kappa shape index (κ2) is 6.06. The number of benzene rings is 1. The molecule has 0 aromatic heterocycles. The lowest BCUT2D eigenvalue weighted by atomic mass is 10.1. The zero-order valence-electron chi connectivity index (χ0n) is 11.1. The van der Waals surface area contributed by atoms with Gasteiger partial charge in [-0.05, 0) is 31.0 Å². The number of hydrogen-bond acceptors (Lipinski definition) is 2. The molecule has 0 spiro atoms. The lowest BCUT2D eigenvalue weighted by molar-refractivity contribution is 0.0294. The molecule has 1 aliphatic rings. The van der Waals surface area contributed by atoms with Gasteiger partial charge >= 0.3 is 0 Å². The van der Waals surface area contributed by atoms with Crippen molar-refractivity contribution in [1.29, 1.82) is 0 Å². The van der Waals surface area contributed by atoms with Crippen LogP contribution in [0.2, 0.25) is 0 Å². The Kier molecular flexibility index (Phi) is 4.63. The van der Waals surface area contributed by atoms with Gasteiger partial charge < -0.3 is 9.64 Å². The Balaban J connectivity index is 2.38. The first-order chi connectivity index (χ1) is 9.06. The van der Waals surface area contributed by atoms with Gasteiger partial charge in [0.25, 0.3) is 0 Å². The van der Waals surface area contributed by atoms with E-state index in [-0.39, 0.29) is 23.7 Å². The van der Waals surface area contributed by atoms with Gasteiger partial charge in [0.15, 0.2) is 0 Å². The van der Waals surface area contributed by atoms with Crippen LogP contribution < -0.4 is 4.90 Å². The Hall–Kier alpha value is -0.870. The predicted octanol–water partition coefficient (Wildman–Crippen LogP) is 3.71. The first kappa shape index (κ1) is 14.5. The first-order valence-corrected chi connectivity index (χ1v) is 7.02. The van der Waals surface area contributed by atoms with Crippen LogP contribution in [0.25, 0.3) is 0 Å². The van der Waals surface area contributed by atoms with Crippen LogP contribution in [0.15, 0.2) is 12.1 Å². The Morgan fingerprint density at radius 3 is 2.53 bits per heavy atom. The Labute approximate surface area is 117 Å². The molecule has 0 saturated carbocycles. The maximum absolute atomic E-state index is 14.1. The van der Waals surface area contributed by atoms with Crippen molar-refractivity contribution in [1.82, 2.24) is 0 Å². The Morgan fingerprint density at radius 1 is 1.37 bits per heavy atom. The first-order valence-electron chi connectivity index (χ1n) is 6.49. The van der Waals surface area contributed by atoms with Crippen LogP contribution in [0.5, 0.6) is 0 Å². The van der Waals surface area contributed by atoms with Gasteiger partial charge in [-0.15, -0.1) is 11.6 Å². The molecule has 1 fully saturated rings. The SMILES string of the molecule is CCC1COC(C)CN1c1c(F)cc(CCl)cc1F. The second-order valence-electron chi connectivity index (χ2n) is 4.90. The van der Waals surface area contributed by atoms with E-state index in [1.54, 1.807) is 4.90 Å². The summed E-state index contributed by atoms with van der Waals surface area (Å²) in [6.45, 7) is 4.88. The van der Waals surface area contributed by atoms with E-state index in [0.717, 1.165) is 6.42 Å². The highest BCUT2D eigenvalue weighted by Gasteiger charge is 2.29. The van der Waals surface area contributed by atoms with Crippen molar-refractivity contribution in [2.24, 2.45) is 0 Å². The summed E-state index contributed by atoms with van der Waals surface area (Å²) in [6, 6.07) is 2.61. The highest BCUT2D eigenvalue weighted by molar-refractivity contribution is 6.17. The molecule has 0 amide bonds. The Morgan fingerprint density at radius 2 is 2.00 bits per heavy atom. The van der Waals surface area contributed by atoms with Gasteiger partial charge in [-0.2, -0.15) is 0 Å². The number of hydrogen-bond donors (Lipinski definition) is 0. The molecule has 0 aliphatic carbocycles. The maximum Gasteiger partial charge on any atom is 0.149 e. The van der Waals surface area contributed by atoms with Crippen LogP contribution in [0.1, 0.15) is 25.8 Å². The zero-order chi connectivity index (χ0) is 14.0. The fraction of sp³-hybridized carbons (Fsp3) is 0.571. The van der Waals surface area contributed by atoms with Gasteiger partial charge in [-0.1, -0.05) is 6.92 Å². The van der Waals surface area contributed by atoms with E-state index in [1.165, 1.54) is 12.1 Å². The molecule has 2 nitrogen and oxygen atoms in total. The van der Waals surface area contributed by atoms with E-state index in [2.05, 4.69) is 0 Å². The third kappa shape index (κ3) is 3.00. The normalized spacial score (nSPS) is 23.7. The van der Waals surface area contributed by atoms with Gasteiger partial charge in [-0.25, -0.2) is 8.78 Å². The minimum Gasteiger partial charge on any atom is -0.375 e. The molecule has 1 aromatic carbocycles. The molecular formula is C14H18ClF2NO. The van der Waals surface area contributed by atoms with Crippen LogP contribution in [-0.2, 0) is 10.6 Å². The maximum atomic E-state index is 14.1. The fourth-order valence-corrected chi connectivity index (χ4v) is 2.58. The van der Waals surface area contributed by atoms with E-state index < -0.39 is 11.6 Å². The number of halogens is 3. The van der Waals surface area contributed by atoms with E-state index in [0.29, 0.717) is 18.7 Å². The van der Waals surface area contributed by atoms with Crippen molar-refractivity contribution in [2.75, 3.05) is 18.1 Å². The summed E-state index contributed by atoms with van der Waals surface area (Å²) >= 11 is 5.62. The van der Waals surface area contributed by atoms with E-state index >= 15 is 0 Å². The Bertz CT molecular complexity index is 432. The van der Waals surface area contributed by atoms with Crippen molar-refractivity contribution in [2.45, 2.75) is 38.3 Å².